The highest BCUT2D eigenvalue weighted by molar-refractivity contribution is 7.86. The maximum absolute atomic E-state index is 13.0. The predicted molar refractivity (Wildman–Crippen MR) is 257 cm³/mol. The first-order valence-corrected chi connectivity index (χ1v) is 25.5. The van der Waals surface area contributed by atoms with Crippen molar-refractivity contribution in [3.05, 3.63) is 88.5 Å². The number of unbranched alkanes of at least 4 members (excludes halogenated alkanes) is 4. The van der Waals surface area contributed by atoms with Gasteiger partial charge in [0, 0.05) is 47.8 Å². The van der Waals surface area contributed by atoms with E-state index in [1.165, 1.54) is 131 Å². The first-order valence-electron chi connectivity index (χ1n) is 24.0. The molecule has 1 N–H and O–H groups in total. The van der Waals surface area contributed by atoms with E-state index in [-0.39, 0.29) is 4.90 Å². The summed E-state index contributed by atoms with van der Waals surface area (Å²) in [4.78, 5) is 2.61. The van der Waals surface area contributed by atoms with E-state index in [1.807, 2.05) is 12.1 Å². The van der Waals surface area contributed by atoms with Gasteiger partial charge < -0.3 is 4.90 Å². The van der Waals surface area contributed by atoms with Crippen molar-refractivity contribution in [3.63, 3.8) is 0 Å². The van der Waals surface area contributed by atoms with Gasteiger partial charge in [-0.25, -0.2) is 4.58 Å². The smallest absolute Gasteiger partial charge is 0.295 e. The second-order valence-electron chi connectivity index (χ2n) is 17.8. The van der Waals surface area contributed by atoms with E-state index in [0.29, 0.717) is 29.2 Å². The van der Waals surface area contributed by atoms with Crippen LogP contribution in [0, 0.1) is 30.6 Å². The quantitative estimate of drug-likeness (QED) is 0.0685. The Morgan fingerprint density at radius 2 is 1.15 bits per heavy atom. The molecule has 0 saturated carbocycles. The molecule has 0 heterocycles. The van der Waals surface area contributed by atoms with Crippen LogP contribution in [0.25, 0.3) is 5.57 Å². The summed E-state index contributed by atoms with van der Waals surface area (Å²) in [5.74, 6) is 2.56. The number of allylic oxidation sites excluding steroid dienone is 5. The Hall–Kier alpha value is -2.96. The Morgan fingerprint density at radius 3 is 1.59 bits per heavy atom. The molecule has 6 heteroatoms. The summed E-state index contributed by atoms with van der Waals surface area (Å²) in [6.45, 7) is 27.1. The van der Waals surface area contributed by atoms with Gasteiger partial charge in [-0.1, -0.05) is 144 Å². The van der Waals surface area contributed by atoms with Crippen LogP contribution < -0.4 is 4.90 Å². The van der Waals surface area contributed by atoms with E-state index in [9.17, 15) is 13.0 Å². The molecule has 3 rings (SSSR count). The molecule has 4 atom stereocenters. The number of hydrogen-bond acceptors (Lipinski definition) is 3. The Bertz CT molecular complexity index is 1760. The molecule has 0 fully saturated rings. The van der Waals surface area contributed by atoms with Gasteiger partial charge in [0.15, 0.2) is 0 Å². The lowest BCUT2D eigenvalue weighted by Gasteiger charge is -2.34. The minimum absolute atomic E-state index is 0.0615. The van der Waals surface area contributed by atoms with Gasteiger partial charge in [-0.15, -0.1) is 0 Å². The average molecular weight is 830 g/mol. The summed E-state index contributed by atoms with van der Waals surface area (Å²) in [6.07, 6.45) is 26.3. The molecule has 2 aromatic carbocycles. The first-order chi connectivity index (χ1) is 28.4. The Morgan fingerprint density at radius 1 is 0.661 bits per heavy atom. The summed E-state index contributed by atoms with van der Waals surface area (Å²) in [5.41, 5.74) is 8.18. The molecule has 1 aliphatic rings. The second-order valence-corrected chi connectivity index (χ2v) is 19.2. The molecule has 0 amide bonds. The zero-order valence-corrected chi connectivity index (χ0v) is 40.1. The molecule has 2 aromatic rings. The molecule has 0 spiro atoms. The minimum Gasteiger partial charge on any atom is -0.371 e. The highest BCUT2D eigenvalue weighted by atomic mass is 32.2. The fourth-order valence-corrected chi connectivity index (χ4v) is 9.86. The van der Waals surface area contributed by atoms with Crippen molar-refractivity contribution in [2.24, 2.45) is 23.7 Å². The van der Waals surface area contributed by atoms with Crippen molar-refractivity contribution in [1.29, 1.82) is 0 Å². The number of hydrogen-bond donors (Lipinski definition) is 1. The van der Waals surface area contributed by atoms with Crippen molar-refractivity contribution >= 4 is 27.1 Å². The number of nitrogens with zero attached hydrogens (tertiary/aromatic N) is 2. The van der Waals surface area contributed by atoms with Crippen LogP contribution in [0.4, 0.5) is 5.69 Å². The topological polar surface area (TPSA) is 60.6 Å². The third-order valence-electron chi connectivity index (χ3n) is 13.2. The van der Waals surface area contributed by atoms with Gasteiger partial charge in [0.1, 0.15) is 18.0 Å². The fourth-order valence-electron chi connectivity index (χ4n) is 9.17. The van der Waals surface area contributed by atoms with Gasteiger partial charge in [0.05, 0.1) is 0 Å². The second kappa shape index (κ2) is 26.4. The van der Waals surface area contributed by atoms with Crippen LogP contribution in [0.1, 0.15) is 182 Å². The highest BCUT2D eigenvalue weighted by Crippen LogP contribution is 2.37. The van der Waals surface area contributed by atoms with E-state index < -0.39 is 10.1 Å². The van der Waals surface area contributed by atoms with Gasteiger partial charge >= 0.3 is 0 Å². The van der Waals surface area contributed by atoms with Crippen LogP contribution in [-0.4, -0.2) is 49.4 Å². The minimum atomic E-state index is -4.49. The Kier molecular flexibility index (Phi) is 22.5. The molecule has 0 saturated heterocycles. The van der Waals surface area contributed by atoms with Crippen LogP contribution in [0.15, 0.2) is 76.7 Å². The fraction of sp³-hybridized carbons (Fsp3) is 0.642. The number of aryl methyl sites for hydroxylation is 1. The zero-order chi connectivity index (χ0) is 43.4. The lowest BCUT2D eigenvalue weighted by Crippen LogP contribution is -2.34. The summed E-state index contributed by atoms with van der Waals surface area (Å²) in [6, 6.07) is 13.7. The Balaban J connectivity index is 2.28. The summed E-state index contributed by atoms with van der Waals surface area (Å²) < 4.78 is 39.2. The van der Waals surface area contributed by atoms with Crippen LogP contribution >= 0.6 is 0 Å². The summed E-state index contributed by atoms with van der Waals surface area (Å²) in [5, 5.41) is 0. The largest absolute Gasteiger partial charge is 0.371 e. The first kappa shape index (κ1) is 50.4. The molecular weight excluding hydrogens is 745 g/mol. The molecule has 59 heavy (non-hydrogen) atoms. The third kappa shape index (κ3) is 15.5. The summed E-state index contributed by atoms with van der Waals surface area (Å²) in [7, 11) is -4.49. The molecule has 0 aliphatic heterocycles. The van der Waals surface area contributed by atoms with Crippen LogP contribution in [-0.2, 0) is 10.1 Å². The van der Waals surface area contributed by atoms with Gasteiger partial charge in [-0.2, -0.15) is 8.42 Å². The standard InChI is InChI=1S/C53H84N2O3S/c1-11-19-25-43(15-5)37-54(38-44(16-6)26-20-12-2)50-33-31-47(35-41(50)9)53(49-29-23-24-30-52(49)59(56,57)58)48-32-34-51(42(10)36-48)55(39-45(17-7)27-21-13-3)40-46(18-8)28-22-14-4/h23-24,29-36,43-46H,11-22,25-28,37-40H2,1-10H3/p+1. The number of benzene rings is 2. The third-order valence-corrected chi connectivity index (χ3v) is 14.1. The van der Waals surface area contributed by atoms with E-state index in [1.54, 1.807) is 6.07 Å². The SMILES string of the molecule is CCCCC(CC)CN(CC(CC)CCCC)c1ccc(/C(=C2\C=CC(=[N+](CC(CC)CCCC)CC(CC)CCCC)C(C)=C2)c2ccccc2S(=O)(=O)O)cc1C. The van der Waals surface area contributed by atoms with Crippen molar-refractivity contribution in [2.45, 2.75) is 177 Å². The van der Waals surface area contributed by atoms with E-state index in [4.69, 9.17) is 0 Å². The van der Waals surface area contributed by atoms with Gasteiger partial charge in [-0.3, -0.25) is 4.55 Å². The van der Waals surface area contributed by atoms with Crippen LogP contribution in [0.2, 0.25) is 0 Å². The number of rotatable bonds is 28. The predicted octanol–water partition coefficient (Wildman–Crippen LogP) is 14.7. The van der Waals surface area contributed by atoms with Gasteiger partial charge in [0.2, 0.25) is 5.71 Å². The molecule has 0 bridgehead atoms. The Labute approximate surface area is 363 Å². The van der Waals surface area contributed by atoms with Crippen molar-refractivity contribution in [1.82, 2.24) is 0 Å². The lowest BCUT2D eigenvalue weighted by molar-refractivity contribution is -0.541. The number of anilines is 1. The molecule has 330 valence electrons. The average Bonchev–Trinajstić information content (AvgIpc) is 3.22. The van der Waals surface area contributed by atoms with E-state index >= 15 is 0 Å². The normalized spacial score (nSPS) is 16.1. The maximum Gasteiger partial charge on any atom is 0.295 e. The maximum atomic E-state index is 13.0. The molecule has 4 unspecified atom stereocenters. The monoisotopic (exact) mass is 830 g/mol. The molecular formula is C53H85N2O3S+. The summed E-state index contributed by atoms with van der Waals surface area (Å²) >= 11 is 0. The molecule has 1 aliphatic carbocycles. The molecule has 0 aromatic heterocycles. The van der Waals surface area contributed by atoms with E-state index in [0.717, 1.165) is 42.9 Å². The molecule has 0 radical (unpaired) electrons. The molecule has 5 nitrogen and oxygen atoms in total. The van der Waals surface area contributed by atoms with Crippen molar-refractivity contribution in [3.8, 4) is 0 Å². The lowest BCUT2D eigenvalue weighted by atomic mass is 9.87. The van der Waals surface area contributed by atoms with Crippen molar-refractivity contribution < 1.29 is 17.5 Å². The van der Waals surface area contributed by atoms with Crippen LogP contribution in [0.3, 0.4) is 0 Å². The zero-order valence-electron chi connectivity index (χ0n) is 39.3. The highest BCUT2D eigenvalue weighted by Gasteiger charge is 2.27. The van der Waals surface area contributed by atoms with Gasteiger partial charge in [0.25, 0.3) is 10.1 Å². The van der Waals surface area contributed by atoms with Gasteiger partial charge in [-0.05, 0) is 117 Å². The van der Waals surface area contributed by atoms with E-state index in [2.05, 4.69) is 115 Å². The van der Waals surface area contributed by atoms with Crippen LogP contribution in [0.5, 0.6) is 0 Å². The van der Waals surface area contributed by atoms with Crippen molar-refractivity contribution in [2.75, 3.05) is 31.1 Å².